The number of allylic oxidation sites excluding steroid dienone is 1. The van der Waals surface area contributed by atoms with Crippen LogP contribution in [0.2, 0.25) is 0 Å². The van der Waals surface area contributed by atoms with Gasteiger partial charge >= 0.3 is 0 Å². The summed E-state index contributed by atoms with van der Waals surface area (Å²) in [5, 5.41) is 0. The first-order chi connectivity index (χ1) is 20.3. The van der Waals surface area contributed by atoms with E-state index < -0.39 is 0 Å². The maximum absolute atomic E-state index is 13.2. The van der Waals surface area contributed by atoms with Crippen LogP contribution >= 0.6 is 23.5 Å². The number of rotatable bonds is 6. The molecule has 0 heterocycles. The first-order valence-corrected chi connectivity index (χ1v) is 15.3. The first-order valence-electron chi connectivity index (χ1n) is 13.7. The number of hydrogen-bond acceptors (Lipinski definition) is 4. The van der Waals surface area contributed by atoms with Gasteiger partial charge in [-0.15, -0.1) is 0 Å². The number of amides is 2. The van der Waals surface area contributed by atoms with Crippen LogP contribution in [0, 0.1) is 11.6 Å². The number of halogens is 2. The molecular formula is C34H30F2N2O2S2. The van der Waals surface area contributed by atoms with Crippen molar-refractivity contribution >= 4 is 40.9 Å². The molecule has 2 amide bonds. The molecule has 2 aliphatic rings. The van der Waals surface area contributed by atoms with Crippen LogP contribution in [0.3, 0.4) is 0 Å². The molecule has 214 valence electrons. The van der Waals surface area contributed by atoms with Gasteiger partial charge in [0.05, 0.1) is 5.92 Å². The number of fused-ring (bicyclic) bond motifs is 2. The summed E-state index contributed by atoms with van der Waals surface area (Å²) in [5.41, 5.74) is 15.7. The topological polar surface area (TPSA) is 86.2 Å². The molecule has 4 aromatic rings. The normalized spacial score (nSPS) is 15.4. The Balaban J connectivity index is 0.000000168. The van der Waals surface area contributed by atoms with Crippen molar-refractivity contribution in [2.75, 3.05) is 0 Å². The van der Waals surface area contributed by atoms with Gasteiger partial charge in [0.2, 0.25) is 11.8 Å². The van der Waals surface area contributed by atoms with Crippen molar-refractivity contribution < 1.29 is 18.4 Å². The van der Waals surface area contributed by atoms with E-state index in [1.807, 2.05) is 42.5 Å². The minimum absolute atomic E-state index is 0.165. The fraction of sp³-hybridized carbons (Fsp3) is 0.176. The Kier molecular flexibility index (Phi) is 9.45. The molecule has 4 N–H and O–H groups in total. The number of carbonyl (C=O) groups is 2. The van der Waals surface area contributed by atoms with Gasteiger partial charge in [-0.2, -0.15) is 0 Å². The van der Waals surface area contributed by atoms with Crippen molar-refractivity contribution in [2.45, 2.75) is 57.6 Å². The Hall–Kier alpha value is -3.88. The van der Waals surface area contributed by atoms with E-state index in [0.29, 0.717) is 5.57 Å². The highest BCUT2D eigenvalue weighted by atomic mass is 32.2. The molecule has 4 aromatic carbocycles. The van der Waals surface area contributed by atoms with Crippen molar-refractivity contribution in [1.82, 2.24) is 0 Å². The Bertz CT molecular complexity index is 1670. The Morgan fingerprint density at radius 1 is 0.714 bits per heavy atom. The van der Waals surface area contributed by atoms with Gasteiger partial charge < -0.3 is 11.5 Å². The molecule has 1 atom stereocenters. The molecule has 0 radical (unpaired) electrons. The van der Waals surface area contributed by atoms with Gasteiger partial charge in [-0.05, 0) is 115 Å². The lowest BCUT2D eigenvalue weighted by Crippen LogP contribution is -2.25. The second kappa shape index (κ2) is 13.4. The van der Waals surface area contributed by atoms with Crippen molar-refractivity contribution in [1.29, 1.82) is 0 Å². The molecule has 0 saturated heterocycles. The molecule has 0 unspecified atom stereocenters. The molecule has 0 fully saturated rings. The molecule has 0 aliphatic heterocycles. The number of primary amides is 2. The predicted molar refractivity (Wildman–Crippen MR) is 164 cm³/mol. The molecule has 2 aliphatic carbocycles. The van der Waals surface area contributed by atoms with Crippen molar-refractivity contribution in [2.24, 2.45) is 11.5 Å². The van der Waals surface area contributed by atoms with Crippen molar-refractivity contribution in [3.63, 3.8) is 0 Å². The van der Waals surface area contributed by atoms with E-state index in [4.69, 9.17) is 11.5 Å². The highest BCUT2D eigenvalue weighted by Gasteiger charge is 2.24. The average Bonchev–Trinajstić information content (AvgIpc) is 2.96. The van der Waals surface area contributed by atoms with Gasteiger partial charge in [0.1, 0.15) is 11.6 Å². The van der Waals surface area contributed by atoms with Crippen LogP contribution in [-0.2, 0) is 22.4 Å². The van der Waals surface area contributed by atoms with Crippen LogP contribution < -0.4 is 11.5 Å². The van der Waals surface area contributed by atoms with E-state index >= 15 is 0 Å². The zero-order valence-electron chi connectivity index (χ0n) is 22.8. The number of hydrogen-bond donors (Lipinski definition) is 2. The summed E-state index contributed by atoms with van der Waals surface area (Å²) in [6, 6.07) is 25.1. The van der Waals surface area contributed by atoms with Crippen molar-refractivity contribution in [3.8, 4) is 0 Å². The smallest absolute Gasteiger partial charge is 0.248 e. The van der Waals surface area contributed by atoms with Crippen LogP contribution in [0.5, 0.6) is 0 Å². The fourth-order valence-corrected chi connectivity index (χ4v) is 7.16. The second-order valence-electron chi connectivity index (χ2n) is 10.2. The minimum Gasteiger partial charge on any atom is -0.369 e. The van der Waals surface area contributed by atoms with Crippen LogP contribution in [0.25, 0.3) is 5.57 Å². The molecule has 0 bridgehead atoms. The third-order valence-corrected chi connectivity index (χ3v) is 9.19. The molecule has 4 nitrogen and oxygen atoms in total. The van der Waals surface area contributed by atoms with Crippen LogP contribution in [0.4, 0.5) is 8.78 Å². The quantitative estimate of drug-likeness (QED) is 0.238. The summed E-state index contributed by atoms with van der Waals surface area (Å²) in [6.07, 6.45) is 6.39. The standard InChI is InChI=1S/C17H16FNOS.C17H14FNOS/c2*18-12-4-2-5-13(10-12)21-14-7-8-15-11(9-14)3-1-6-16(15)17(19)20/h2,4-5,7-10,16H,1,3,6H2,(H2,19,20);2,4-10H,1,3H2,(H2,19,20)/t16-;/m1./s1. The molecular weight excluding hydrogens is 571 g/mol. The number of carbonyl (C=O) groups excluding carboxylic acids is 2. The fourth-order valence-electron chi connectivity index (χ4n) is 5.30. The van der Waals surface area contributed by atoms with Gasteiger partial charge in [-0.3, -0.25) is 9.59 Å². The van der Waals surface area contributed by atoms with E-state index in [9.17, 15) is 18.4 Å². The van der Waals surface area contributed by atoms with E-state index in [2.05, 4.69) is 12.1 Å². The van der Waals surface area contributed by atoms with Gasteiger partial charge in [-0.25, -0.2) is 8.78 Å². The number of aryl methyl sites for hydroxylation is 2. The van der Waals surface area contributed by atoms with Gasteiger partial charge in [-0.1, -0.05) is 53.9 Å². The zero-order chi connectivity index (χ0) is 29.6. The summed E-state index contributed by atoms with van der Waals surface area (Å²) >= 11 is 3.04. The highest BCUT2D eigenvalue weighted by Crippen LogP contribution is 2.36. The lowest BCUT2D eigenvalue weighted by atomic mass is 9.82. The molecule has 0 aromatic heterocycles. The molecule has 42 heavy (non-hydrogen) atoms. The molecule has 8 heteroatoms. The second-order valence-corrected chi connectivity index (χ2v) is 12.5. The van der Waals surface area contributed by atoms with E-state index in [0.717, 1.165) is 68.4 Å². The number of nitrogens with two attached hydrogens (primary N) is 2. The maximum atomic E-state index is 13.2. The Morgan fingerprint density at radius 3 is 1.90 bits per heavy atom. The highest BCUT2D eigenvalue weighted by molar-refractivity contribution is 7.99. The SMILES string of the molecule is NC(=O)C1=CCCc2cc(Sc3cccc(F)c3)ccc21.NC(=O)[C@@H]1CCCc2cc(Sc3cccc(F)c3)ccc21. The Morgan fingerprint density at radius 2 is 1.31 bits per heavy atom. The van der Waals surface area contributed by atoms with Gasteiger partial charge in [0.15, 0.2) is 0 Å². The minimum atomic E-state index is -0.388. The molecule has 0 saturated carbocycles. The molecule has 6 rings (SSSR count). The van der Waals surface area contributed by atoms with Crippen molar-refractivity contribution in [3.05, 3.63) is 125 Å². The Labute approximate surface area is 252 Å². The van der Waals surface area contributed by atoms with E-state index in [1.54, 1.807) is 12.1 Å². The third kappa shape index (κ3) is 7.30. The largest absolute Gasteiger partial charge is 0.369 e. The van der Waals surface area contributed by atoms with Crippen LogP contribution in [-0.4, -0.2) is 11.8 Å². The molecule has 0 spiro atoms. The lowest BCUT2D eigenvalue weighted by molar-refractivity contribution is -0.119. The van der Waals surface area contributed by atoms with E-state index in [-0.39, 0.29) is 29.4 Å². The summed E-state index contributed by atoms with van der Waals surface area (Å²) in [6.45, 7) is 0. The van der Waals surface area contributed by atoms with Crippen LogP contribution in [0.1, 0.15) is 47.4 Å². The summed E-state index contributed by atoms with van der Waals surface area (Å²) < 4.78 is 26.4. The summed E-state index contributed by atoms with van der Waals surface area (Å²) in [4.78, 5) is 26.8. The van der Waals surface area contributed by atoms with Gasteiger partial charge in [0, 0.05) is 25.2 Å². The van der Waals surface area contributed by atoms with Gasteiger partial charge in [0.25, 0.3) is 0 Å². The predicted octanol–water partition coefficient (Wildman–Crippen LogP) is 7.67. The third-order valence-electron chi connectivity index (χ3n) is 7.23. The lowest BCUT2D eigenvalue weighted by Gasteiger charge is -2.23. The van der Waals surface area contributed by atoms with Crippen LogP contribution in [0.15, 0.2) is 111 Å². The zero-order valence-corrected chi connectivity index (χ0v) is 24.4. The summed E-state index contributed by atoms with van der Waals surface area (Å²) in [5.74, 6) is -1.27. The first kappa shape index (κ1) is 29.6. The van der Waals surface area contributed by atoms with E-state index in [1.165, 1.54) is 53.4 Å². The average molecular weight is 601 g/mol. The maximum Gasteiger partial charge on any atom is 0.248 e. The number of benzene rings is 4. The summed E-state index contributed by atoms with van der Waals surface area (Å²) in [7, 11) is 0. The monoisotopic (exact) mass is 600 g/mol.